The number of aromatic nitrogens is 2. The number of aliphatic hydroxyl groups is 2. The molecule has 0 aliphatic carbocycles. The van der Waals surface area contributed by atoms with Crippen LogP contribution in [0.25, 0.3) is 0 Å². The van der Waals surface area contributed by atoms with Crippen molar-refractivity contribution in [2.24, 2.45) is 0 Å². The van der Waals surface area contributed by atoms with E-state index in [-0.39, 0.29) is 38.1 Å². The molecule has 0 unspecified atom stereocenters. The van der Waals surface area contributed by atoms with Gasteiger partial charge in [-0.15, -0.1) is 0 Å². The van der Waals surface area contributed by atoms with Crippen LogP contribution in [0.15, 0.2) is 33.3 Å². The topological polar surface area (TPSA) is 159 Å². The first-order valence-electron chi connectivity index (χ1n) is 13.7. The predicted molar refractivity (Wildman–Crippen MR) is 173 cm³/mol. The van der Waals surface area contributed by atoms with E-state index in [2.05, 4.69) is 9.97 Å². The van der Waals surface area contributed by atoms with Gasteiger partial charge in [0.1, 0.15) is 11.6 Å². The van der Waals surface area contributed by atoms with Crippen molar-refractivity contribution in [1.82, 2.24) is 19.8 Å². The van der Waals surface area contributed by atoms with E-state index in [1.165, 1.54) is 35.4 Å². The van der Waals surface area contributed by atoms with Crippen molar-refractivity contribution >= 4 is 45.0 Å². The molecular formula is C30H44N6O4S2. The van der Waals surface area contributed by atoms with Crippen LogP contribution in [0.1, 0.15) is 74.2 Å². The van der Waals surface area contributed by atoms with Gasteiger partial charge >= 0.3 is 0 Å². The van der Waals surface area contributed by atoms with Crippen LogP contribution in [0.2, 0.25) is 0 Å². The Bertz CT molecular complexity index is 1230. The van der Waals surface area contributed by atoms with Crippen molar-refractivity contribution < 1.29 is 19.8 Å². The fraction of sp³-hybridized carbons (Fsp3) is 0.467. The molecule has 2 amide bonds. The lowest BCUT2D eigenvalue weighted by atomic mass is 10.1. The highest BCUT2D eigenvalue weighted by Crippen LogP contribution is 2.43. The Labute approximate surface area is 257 Å². The van der Waals surface area contributed by atoms with Gasteiger partial charge in [0.05, 0.1) is 13.1 Å². The molecule has 2 aromatic rings. The molecular weight excluding hydrogens is 573 g/mol. The number of rotatable bonds is 13. The lowest BCUT2D eigenvalue weighted by Gasteiger charge is -2.27. The van der Waals surface area contributed by atoms with E-state index in [1.807, 2.05) is 53.7 Å². The number of nitrogen functional groups attached to an aromatic ring is 2. The number of anilines is 2. The van der Waals surface area contributed by atoms with E-state index in [9.17, 15) is 19.8 Å². The van der Waals surface area contributed by atoms with Crippen LogP contribution in [0.3, 0.4) is 0 Å². The zero-order chi connectivity index (χ0) is 31.7. The van der Waals surface area contributed by atoms with Gasteiger partial charge in [0.15, 0.2) is 0 Å². The summed E-state index contributed by atoms with van der Waals surface area (Å²) >= 11 is 0. The number of aliphatic hydroxyl groups excluding tert-OH is 2. The third kappa shape index (κ3) is 9.22. The molecule has 0 saturated heterocycles. The van der Waals surface area contributed by atoms with Gasteiger partial charge in [-0.2, -0.15) is 0 Å². The zero-order valence-electron chi connectivity index (χ0n) is 25.9. The second-order valence-electron chi connectivity index (χ2n) is 10.2. The van der Waals surface area contributed by atoms with Crippen molar-refractivity contribution in [3.8, 4) is 0 Å². The summed E-state index contributed by atoms with van der Waals surface area (Å²) in [6, 6.07) is 3.86. The molecule has 6 N–H and O–H groups in total. The lowest BCUT2D eigenvalue weighted by Crippen LogP contribution is -2.28. The summed E-state index contributed by atoms with van der Waals surface area (Å²) in [5.41, 5.74) is 18.8. The van der Waals surface area contributed by atoms with Gasteiger partial charge in [-0.25, -0.2) is 9.97 Å². The molecule has 0 atom stereocenters. The number of aryl methyl sites for hydroxylation is 4. The number of carbonyl (C=O) groups is 2. The van der Waals surface area contributed by atoms with Crippen molar-refractivity contribution in [1.29, 1.82) is 0 Å². The van der Waals surface area contributed by atoms with E-state index in [0.29, 0.717) is 35.9 Å². The first kappa shape index (κ1) is 35.1. The smallest absolute Gasteiger partial charge is 0.223 e. The predicted octanol–water partition coefficient (Wildman–Crippen LogP) is 4.88. The number of allylic oxidation sites excluding steroid dienone is 2. The van der Waals surface area contributed by atoms with Crippen LogP contribution in [-0.2, 0) is 22.7 Å². The molecule has 2 rings (SSSR count). The molecule has 42 heavy (non-hydrogen) atoms. The highest BCUT2D eigenvalue weighted by molar-refractivity contribution is 8.79. The standard InChI is InChI=1S/C30H44N6O4S2/c1-17-13-19(3)33-29(31)25(17)15-35(23(7)39)21(5)27(9-11-37)41-42-28(10-12-38)22(6)36(24(8)40)16-26-18(2)14-20(4)34-30(26)32/h13-14,37-38H,9-12,15-16H2,1-8H3,(H2,31,33)(H2,32,34)/b27-21-,28-22-. The van der Waals surface area contributed by atoms with Crippen molar-refractivity contribution in [2.45, 2.75) is 81.3 Å². The van der Waals surface area contributed by atoms with Gasteiger partial charge in [-0.3, -0.25) is 9.59 Å². The highest BCUT2D eigenvalue weighted by atomic mass is 33.1. The summed E-state index contributed by atoms with van der Waals surface area (Å²) in [6.07, 6.45) is 0.640. The van der Waals surface area contributed by atoms with Crippen LogP contribution < -0.4 is 11.5 Å². The van der Waals surface area contributed by atoms with Crippen molar-refractivity contribution in [3.63, 3.8) is 0 Å². The summed E-state index contributed by atoms with van der Waals surface area (Å²) in [4.78, 5) is 39.2. The summed E-state index contributed by atoms with van der Waals surface area (Å²) in [7, 11) is 2.79. The van der Waals surface area contributed by atoms with Crippen LogP contribution in [-0.4, -0.2) is 55.0 Å². The third-order valence-corrected chi connectivity index (χ3v) is 9.89. The first-order valence-corrected chi connectivity index (χ1v) is 15.8. The summed E-state index contributed by atoms with van der Waals surface area (Å²) in [5.74, 6) is 0.422. The maximum atomic E-state index is 12.8. The fourth-order valence-corrected chi connectivity index (χ4v) is 7.45. The monoisotopic (exact) mass is 616 g/mol. The fourth-order valence-electron chi connectivity index (χ4n) is 4.61. The van der Waals surface area contributed by atoms with Crippen LogP contribution in [0, 0.1) is 27.7 Å². The lowest BCUT2D eigenvalue weighted by molar-refractivity contribution is -0.128. The summed E-state index contributed by atoms with van der Waals surface area (Å²) < 4.78 is 0. The second-order valence-corrected chi connectivity index (χ2v) is 12.5. The van der Waals surface area contributed by atoms with E-state index in [4.69, 9.17) is 11.5 Å². The maximum Gasteiger partial charge on any atom is 0.223 e. The van der Waals surface area contributed by atoms with E-state index >= 15 is 0 Å². The molecule has 0 fully saturated rings. The highest BCUT2D eigenvalue weighted by Gasteiger charge is 2.22. The Morgan fingerprint density at radius 1 is 0.714 bits per heavy atom. The molecule has 0 aliphatic rings. The summed E-state index contributed by atoms with van der Waals surface area (Å²) in [6.45, 7) is 14.5. The molecule has 0 aliphatic heterocycles. The van der Waals surface area contributed by atoms with Gasteiger partial charge in [-0.05, 0) is 64.8 Å². The Morgan fingerprint density at radius 2 is 1.05 bits per heavy atom. The molecule has 0 spiro atoms. The number of carbonyl (C=O) groups excluding carboxylic acids is 2. The number of nitrogens with two attached hydrogens (primary N) is 2. The number of hydrogen-bond acceptors (Lipinski definition) is 10. The van der Waals surface area contributed by atoms with Crippen LogP contribution >= 0.6 is 21.6 Å². The molecule has 10 nitrogen and oxygen atoms in total. The average Bonchev–Trinajstić information content (AvgIpc) is 2.88. The molecule has 230 valence electrons. The first-order chi connectivity index (χ1) is 19.7. The Hall–Kier alpha value is -3.06. The van der Waals surface area contributed by atoms with E-state index in [0.717, 1.165) is 43.5 Å². The van der Waals surface area contributed by atoms with E-state index < -0.39 is 0 Å². The van der Waals surface area contributed by atoms with Crippen LogP contribution in [0.4, 0.5) is 11.6 Å². The van der Waals surface area contributed by atoms with Crippen LogP contribution in [0.5, 0.6) is 0 Å². The van der Waals surface area contributed by atoms with Gasteiger partial charge in [0, 0.05) is 83.6 Å². The third-order valence-electron chi connectivity index (χ3n) is 6.94. The molecule has 0 saturated carbocycles. The largest absolute Gasteiger partial charge is 0.396 e. The Balaban J connectivity index is 2.46. The molecule has 12 heteroatoms. The number of nitrogens with zero attached hydrogens (tertiary/aromatic N) is 4. The number of hydrogen-bond donors (Lipinski definition) is 4. The van der Waals surface area contributed by atoms with Gasteiger partial charge < -0.3 is 31.5 Å². The van der Waals surface area contributed by atoms with Gasteiger partial charge in [0.2, 0.25) is 11.8 Å². The van der Waals surface area contributed by atoms with Gasteiger partial charge in [0.25, 0.3) is 0 Å². The minimum atomic E-state index is -0.169. The second kappa shape index (κ2) is 16.0. The van der Waals surface area contributed by atoms with E-state index in [1.54, 1.807) is 9.80 Å². The molecule has 0 bridgehead atoms. The number of pyridine rings is 2. The van der Waals surface area contributed by atoms with Crippen molar-refractivity contribution in [2.75, 3.05) is 24.7 Å². The summed E-state index contributed by atoms with van der Waals surface area (Å²) in [5, 5.41) is 19.8. The average molecular weight is 617 g/mol. The SMILES string of the molecule is CC(=O)N(Cc1c(C)cc(C)nc1N)/C(C)=C(/CCO)SS/C(CCO)=C(/C)N(Cc1c(C)cc(C)nc1N)C(C)=O. The maximum absolute atomic E-state index is 12.8. The Kier molecular flexibility index (Phi) is 13.4. The quantitative estimate of drug-likeness (QED) is 0.229. The minimum absolute atomic E-state index is 0.115. The zero-order valence-corrected chi connectivity index (χ0v) is 27.5. The molecule has 2 aromatic heterocycles. The molecule has 0 radical (unpaired) electrons. The Morgan fingerprint density at radius 3 is 1.31 bits per heavy atom. The minimum Gasteiger partial charge on any atom is -0.396 e. The molecule has 2 heterocycles. The molecule has 0 aromatic carbocycles. The van der Waals surface area contributed by atoms with Crippen molar-refractivity contribution in [3.05, 3.63) is 67.0 Å². The van der Waals surface area contributed by atoms with Gasteiger partial charge in [-0.1, -0.05) is 21.6 Å². The normalized spacial score (nSPS) is 12.5. The number of amides is 2.